The third-order valence-electron chi connectivity index (χ3n) is 5.66. The van der Waals surface area contributed by atoms with E-state index in [9.17, 15) is 29.4 Å². The molecule has 0 aliphatic heterocycles. The van der Waals surface area contributed by atoms with Crippen LogP contribution in [0.3, 0.4) is 0 Å². The maximum Gasteiger partial charge on any atom is 0.326 e. The quantitative estimate of drug-likeness (QED) is 0.116. The van der Waals surface area contributed by atoms with Crippen molar-refractivity contribution in [3.63, 3.8) is 0 Å². The summed E-state index contributed by atoms with van der Waals surface area (Å²) < 4.78 is 0. The van der Waals surface area contributed by atoms with E-state index in [-0.39, 0.29) is 19.3 Å². The Labute approximate surface area is 217 Å². The van der Waals surface area contributed by atoms with Gasteiger partial charge in [-0.1, -0.05) is 30.3 Å². The SMILES string of the molecule is NC(Cc1cnc[nH]1)C(=O)NC(CO)C(=O)NC(Cc1cnc[nH]1)C(=O)NC(Cc1ccccc1)C(=O)O. The largest absolute Gasteiger partial charge is 0.480 e. The Kier molecular flexibility index (Phi) is 10.1. The van der Waals surface area contributed by atoms with E-state index in [1.807, 2.05) is 0 Å². The number of carboxylic acid groups (broad SMARTS) is 1. The highest BCUT2D eigenvalue weighted by Gasteiger charge is 2.30. The predicted molar refractivity (Wildman–Crippen MR) is 133 cm³/mol. The summed E-state index contributed by atoms with van der Waals surface area (Å²) >= 11 is 0. The fraction of sp³-hybridized carbons (Fsp3) is 0.333. The number of aliphatic hydroxyl groups excluding tert-OH is 1. The van der Waals surface area contributed by atoms with Crippen molar-refractivity contribution in [2.45, 2.75) is 43.4 Å². The van der Waals surface area contributed by atoms with Crippen LogP contribution >= 0.6 is 0 Å². The summed E-state index contributed by atoms with van der Waals surface area (Å²) in [5.41, 5.74) is 7.69. The number of H-pyrrole nitrogens is 2. The number of aliphatic hydroxyl groups is 1. The molecule has 0 bridgehead atoms. The number of carboxylic acids is 1. The highest BCUT2D eigenvalue weighted by Crippen LogP contribution is 2.06. The van der Waals surface area contributed by atoms with Crippen molar-refractivity contribution in [1.29, 1.82) is 0 Å². The van der Waals surface area contributed by atoms with E-state index >= 15 is 0 Å². The molecule has 3 amide bonds. The van der Waals surface area contributed by atoms with Crippen LogP contribution in [0.4, 0.5) is 0 Å². The monoisotopic (exact) mass is 526 g/mol. The molecule has 0 radical (unpaired) electrons. The van der Waals surface area contributed by atoms with Gasteiger partial charge in [0.1, 0.15) is 18.1 Å². The van der Waals surface area contributed by atoms with Gasteiger partial charge in [-0.05, 0) is 5.56 Å². The summed E-state index contributed by atoms with van der Waals surface area (Å²) in [5, 5.41) is 26.7. The lowest BCUT2D eigenvalue weighted by Gasteiger charge is -2.24. The predicted octanol–water partition coefficient (Wildman–Crippen LogP) is -1.98. The van der Waals surface area contributed by atoms with Gasteiger partial charge in [-0.2, -0.15) is 0 Å². The minimum atomic E-state index is -1.41. The maximum atomic E-state index is 13.1. The van der Waals surface area contributed by atoms with Crippen molar-refractivity contribution in [2.24, 2.45) is 5.73 Å². The number of imidazole rings is 2. The summed E-state index contributed by atoms with van der Waals surface area (Å²) in [4.78, 5) is 63.8. The van der Waals surface area contributed by atoms with Crippen molar-refractivity contribution in [1.82, 2.24) is 35.9 Å². The first-order valence-electron chi connectivity index (χ1n) is 11.8. The fourth-order valence-corrected chi connectivity index (χ4v) is 3.62. The maximum absolute atomic E-state index is 13.1. The average Bonchev–Trinajstić information content (AvgIpc) is 3.61. The Hall–Kier alpha value is -4.56. The smallest absolute Gasteiger partial charge is 0.326 e. The molecule has 0 fully saturated rings. The number of aromatic amines is 2. The summed E-state index contributed by atoms with van der Waals surface area (Å²) in [5.74, 6) is -3.57. The molecule has 0 aliphatic rings. The zero-order valence-corrected chi connectivity index (χ0v) is 20.3. The summed E-state index contributed by atoms with van der Waals surface area (Å²) in [6.07, 6.45) is 5.86. The molecule has 9 N–H and O–H groups in total. The van der Waals surface area contributed by atoms with E-state index in [0.717, 1.165) is 0 Å². The standard InChI is InChI=1S/C24H30N8O6/c25-17(7-15-9-26-12-28-15)21(34)32-20(11-33)23(36)30-18(8-16-10-27-13-29-16)22(35)31-19(24(37)38)6-14-4-2-1-3-5-14/h1-5,9-10,12-13,17-20,33H,6-8,11,25H2,(H,26,28)(H,27,29)(H,30,36)(H,31,35)(H,32,34)(H,37,38). The number of hydrogen-bond donors (Lipinski definition) is 8. The van der Waals surface area contributed by atoms with Gasteiger partial charge in [0.15, 0.2) is 0 Å². The van der Waals surface area contributed by atoms with E-state index < -0.39 is 54.5 Å². The molecular formula is C24H30N8O6. The van der Waals surface area contributed by atoms with Crippen molar-refractivity contribution in [3.05, 3.63) is 72.3 Å². The number of aliphatic carboxylic acids is 1. The first kappa shape index (κ1) is 28.0. The Bertz CT molecular complexity index is 1190. The van der Waals surface area contributed by atoms with Crippen molar-refractivity contribution in [2.75, 3.05) is 6.61 Å². The number of nitrogens with two attached hydrogens (primary N) is 1. The van der Waals surface area contributed by atoms with Crippen molar-refractivity contribution >= 4 is 23.7 Å². The molecule has 3 rings (SSSR count). The van der Waals surface area contributed by atoms with Gasteiger partial charge in [0.2, 0.25) is 17.7 Å². The number of benzene rings is 1. The van der Waals surface area contributed by atoms with Gasteiger partial charge in [-0.3, -0.25) is 14.4 Å². The number of amides is 3. The van der Waals surface area contributed by atoms with Gasteiger partial charge in [-0.15, -0.1) is 0 Å². The summed E-state index contributed by atoms with van der Waals surface area (Å²) in [7, 11) is 0. The Morgan fingerprint density at radius 2 is 1.34 bits per heavy atom. The molecule has 1 aromatic carbocycles. The second-order valence-electron chi connectivity index (χ2n) is 8.56. The number of carbonyl (C=O) groups excluding carboxylic acids is 3. The molecular weight excluding hydrogens is 496 g/mol. The van der Waals surface area contributed by atoms with Gasteiger partial charge in [0.05, 0.1) is 25.3 Å². The number of aromatic nitrogens is 4. The van der Waals surface area contributed by atoms with Crippen LogP contribution in [0.25, 0.3) is 0 Å². The third kappa shape index (κ3) is 8.25. The van der Waals surface area contributed by atoms with E-state index in [1.54, 1.807) is 30.3 Å². The Balaban J connectivity index is 1.68. The normalized spacial score (nSPS) is 14.1. The molecule has 4 unspecified atom stereocenters. The molecule has 3 aromatic rings. The number of hydrogen-bond acceptors (Lipinski definition) is 8. The molecule has 14 heteroatoms. The number of nitrogens with zero attached hydrogens (tertiary/aromatic N) is 2. The number of carbonyl (C=O) groups is 4. The molecule has 0 saturated carbocycles. The van der Waals surface area contributed by atoms with E-state index in [4.69, 9.17) is 5.73 Å². The lowest BCUT2D eigenvalue weighted by atomic mass is 10.0. The minimum absolute atomic E-state index is 0.0240. The highest BCUT2D eigenvalue weighted by molar-refractivity contribution is 5.94. The molecule has 38 heavy (non-hydrogen) atoms. The van der Waals surface area contributed by atoms with Crippen LogP contribution in [-0.2, 0) is 38.4 Å². The molecule has 14 nitrogen and oxygen atoms in total. The number of nitrogens with one attached hydrogen (secondary N) is 5. The topological polar surface area (TPSA) is 228 Å². The second kappa shape index (κ2) is 13.7. The minimum Gasteiger partial charge on any atom is -0.480 e. The second-order valence-corrected chi connectivity index (χ2v) is 8.56. The Morgan fingerprint density at radius 3 is 1.89 bits per heavy atom. The van der Waals surface area contributed by atoms with Gasteiger partial charge >= 0.3 is 5.97 Å². The lowest BCUT2D eigenvalue weighted by Crippen LogP contribution is -2.58. The van der Waals surface area contributed by atoms with Gasteiger partial charge in [0, 0.05) is 43.0 Å². The average molecular weight is 527 g/mol. The zero-order chi connectivity index (χ0) is 27.5. The van der Waals surface area contributed by atoms with Crippen LogP contribution in [0.2, 0.25) is 0 Å². The molecule has 2 heterocycles. The van der Waals surface area contributed by atoms with Gasteiger partial charge < -0.3 is 41.9 Å². The van der Waals surface area contributed by atoms with Crippen LogP contribution in [0.15, 0.2) is 55.4 Å². The highest BCUT2D eigenvalue weighted by atomic mass is 16.4. The van der Waals surface area contributed by atoms with E-state index in [1.165, 1.54) is 25.0 Å². The molecule has 4 atom stereocenters. The van der Waals surface area contributed by atoms with Gasteiger partial charge in [0.25, 0.3) is 0 Å². The summed E-state index contributed by atoms with van der Waals surface area (Å²) in [6, 6.07) is 3.81. The van der Waals surface area contributed by atoms with Crippen molar-refractivity contribution in [3.8, 4) is 0 Å². The van der Waals surface area contributed by atoms with Gasteiger partial charge in [-0.25, -0.2) is 14.8 Å². The lowest BCUT2D eigenvalue weighted by molar-refractivity contribution is -0.142. The molecule has 202 valence electrons. The molecule has 0 aliphatic carbocycles. The first-order chi connectivity index (χ1) is 18.3. The third-order valence-corrected chi connectivity index (χ3v) is 5.66. The Morgan fingerprint density at radius 1 is 0.789 bits per heavy atom. The molecule has 0 saturated heterocycles. The number of rotatable bonds is 14. The first-order valence-corrected chi connectivity index (χ1v) is 11.8. The van der Waals surface area contributed by atoms with Crippen LogP contribution in [0.5, 0.6) is 0 Å². The molecule has 2 aromatic heterocycles. The van der Waals surface area contributed by atoms with E-state index in [0.29, 0.717) is 17.0 Å². The van der Waals surface area contributed by atoms with Crippen molar-refractivity contribution < 1.29 is 29.4 Å². The van der Waals surface area contributed by atoms with Crippen LogP contribution in [0, 0.1) is 0 Å². The molecule has 0 spiro atoms. The van der Waals surface area contributed by atoms with E-state index in [2.05, 4.69) is 35.9 Å². The van der Waals surface area contributed by atoms with Crippen LogP contribution in [0.1, 0.15) is 17.0 Å². The van der Waals surface area contributed by atoms with Crippen LogP contribution < -0.4 is 21.7 Å². The zero-order valence-electron chi connectivity index (χ0n) is 20.3. The van der Waals surface area contributed by atoms with Crippen LogP contribution in [-0.4, -0.2) is 84.6 Å². The summed E-state index contributed by atoms with van der Waals surface area (Å²) in [6.45, 7) is -0.765. The fourth-order valence-electron chi connectivity index (χ4n) is 3.62.